The van der Waals surface area contributed by atoms with Gasteiger partial charge in [-0.15, -0.1) is 13.2 Å². The Morgan fingerprint density at radius 1 is 1.00 bits per heavy atom. The van der Waals surface area contributed by atoms with Gasteiger partial charge in [-0.3, -0.25) is 0 Å². The van der Waals surface area contributed by atoms with Crippen molar-refractivity contribution >= 4 is 10.9 Å². The zero-order chi connectivity index (χ0) is 15.7. The maximum absolute atomic E-state index is 12.1. The fraction of sp³-hybridized carbons (Fsp3) is 0.125. The first kappa shape index (κ1) is 14.5. The van der Waals surface area contributed by atoms with Gasteiger partial charge < -0.3 is 14.8 Å². The lowest BCUT2D eigenvalue weighted by Crippen LogP contribution is -2.17. The molecule has 2 N–H and O–H groups in total. The first-order valence-electron chi connectivity index (χ1n) is 6.54. The molecular formula is C16H12F3NO2. The van der Waals surface area contributed by atoms with Crippen LogP contribution in [0.15, 0.2) is 54.7 Å². The highest BCUT2D eigenvalue weighted by Crippen LogP contribution is 2.30. The average Bonchev–Trinajstić information content (AvgIpc) is 2.89. The van der Waals surface area contributed by atoms with Gasteiger partial charge in [-0.2, -0.15) is 0 Å². The second-order valence-corrected chi connectivity index (χ2v) is 4.81. The van der Waals surface area contributed by atoms with Gasteiger partial charge in [-0.05, 0) is 23.8 Å². The number of benzene rings is 2. The molecule has 22 heavy (non-hydrogen) atoms. The van der Waals surface area contributed by atoms with Crippen molar-refractivity contribution in [2.24, 2.45) is 0 Å². The number of nitrogens with one attached hydrogen (secondary N) is 1. The molecule has 0 aliphatic heterocycles. The van der Waals surface area contributed by atoms with E-state index in [1.807, 2.05) is 24.3 Å². The van der Waals surface area contributed by atoms with Crippen molar-refractivity contribution in [1.82, 2.24) is 4.98 Å². The quantitative estimate of drug-likeness (QED) is 0.763. The van der Waals surface area contributed by atoms with Crippen LogP contribution in [0.1, 0.15) is 17.2 Å². The summed E-state index contributed by atoms with van der Waals surface area (Å²) in [6, 6.07) is 12.7. The second-order valence-electron chi connectivity index (χ2n) is 4.81. The largest absolute Gasteiger partial charge is 0.573 e. The Hall–Kier alpha value is -2.47. The van der Waals surface area contributed by atoms with Crippen LogP contribution in [-0.2, 0) is 0 Å². The molecule has 0 aliphatic rings. The minimum atomic E-state index is -4.73. The Morgan fingerprint density at radius 2 is 1.68 bits per heavy atom. The van der Waals surface area contributed by atoms with Crippen molar-refractivity contribution in [2.75, 3.05) is 0 Å². The molecule has 0 amide bonds. The molecule has 0 saturated carbocycles. The predicted octanol–water partition coefficient (Wildman–Crippen LogP) is 4.15. The molecule has 2 aromatic carbocycles. The Morgan fingerprint density at radius 3 is 2.36 bits per heavy atom. The number of H-pyrrole nitrogens is 1. The van der Waals surface area contributed by atoms with E-state index in [1.165, 1.54) is 24.3 Å². The monoisotopic (exact) mass is 307 g/mol. The van der Waals surface area contributed by atoms with Gasteiger partial charge >= 0.3 is 6.36 Å². The van der Waals surface area contributed by atoms with E-state index in [0.29, 0.717) is 11.1 Å². The lowest BCUT2D eigenvalue weighted by Gasteiger charge is -2.12. The number of aromatic amines is 1. The third-order valence-electron chi connectivity index (χ3n) is 3.35. The summed E-state index contributed by atoms with van der Waals surface area (Å²) in [4.78, 5) is 3.05. The van der Waals surface area contributed by atoms with E-state index in [0.717, 1.165) is 10.9 Å². The standard InChI is InChI=1S/C16H12F3NO2/c17-16(18,19)22-11-7-5-10(6-8-11)15(21)13-9-20-14-4-2-1-3-12(13)14/h1-9,15,20-21H. The molecule has 0 radical (unpaired) electrons. The van der Waals surface area contributed by atoms with Crippen molar-refractivity contribution in [3.05, 3.63) is 65.9 Å². The smallest absolute Gasteiger partial charge is 0.406 e. The van der Waals surface area contributed by atoms with Crippen molar-refractivity contribution in [3.8, 4) is 5.75 Å². The first-order chi connectivity index (χ1) is 10.4. The highest BCUT2D eigenvalue weighted by atomic mass is 19.4. The van der Waals surface area contributed by atoms with Crippen LogP contribution in [0.2, 0.25) is 0 Å². The molecule has 3 rings (SSSR count). The number of fused-ring (bicyclic) bond motifs is 1. The van der Waals surface area contributed by atoms with Gasteiger partial charge in [-0.25, -0.2) is 0 Å². The summed E-state index contributed by atoms with van der Waals surface area (Å²) in [6.07, 6.45) is -3.97. The molecule has 0 bridgehead atoms. The van der Waals surface area contributed by atoms with E-state index in [2.05, 4.69) is 9.72 Å². The summed E-state index contributed by atoms with van der Waals surface area (Å²) in [5, 5.41) is 11.3. The van der Waals surface area contributed by atoms with Gasteiger partial charge in [0.05, 0.1) is 0 Å². The third-order valence-corrected chi connectivity index (χ3v) is 3.35. The average molecular weight is 307 g/mol. The third kappa shape index (κ3) is 2.92. The number of alkyl halides is 3. The molecular weight excluding hydrogens is 295 g/mol. The minimum Gasteiger partial charge on any atom is -0.406 e. The lowest BCUT2D eigenvalue weighted by molar-refractivity contribution is -0.274. The summed E-state index contributed by atoms with van der Waals surface area (Å²) in [6.45, 7) is 0. The highest BCUT2D eigenvalue weighted by Gasteiger charge is 2.31. The second kappa shape index (κ2) is 5.38. The van der Waals surface area contributed by atoms with Crippen molar-refractivity contribution in [1.29, 1.82) is 0 Å². The normalized spacial score (nSPS) is 13.3. The number of hydrogen-bond donors (Lipinski definition) is 2. The molecule has 6 heteroatoms. The van der Waals surface area contributed by atoms with E-state index in [9.17, 15) is 18.3 Å². The number of ether oxygens (including phenoxy) is 1. The van der Waals surface area contributed by atoms with Gasteiger partial charge in [0.1, 0.15) is 11.9 Å². The zero-order valence-electron chi connectivity index (χ0n) is 11.3. The topological polar surface area (TPSA) is 45.2 Å². The van der Waals surface area contributed by atoms with Crippen LogP contribution < -0.4 is 4.74 Å². The zero-order valence-corrected chi connectivity index (χ0v) is 11.3. The van der Waals surface area contributed by atoms with Crippen molar-refractivity contribution in [3.63, 3.8) is 0 Å². The van der Waals surface area contributed by atoms with Gasteiger partial charge in [0.15, 0.2) is 0 Å². The number of aromatic nitrogens is 1. The van der Waals surface area contributed by atoms with Crippen molar-refractivity contribution < 1.29 is 23.0 Å². The van der Waals surface area contributed by atoms with E-state index < -0.39 is 12.5 Å². The number of para-hydroxylation sites is 1. The lowest BCUT2D eigenvalue weighted by atomic mass is 10.0. The molecule has 3 nitrogen and oxygen atoms in total. The van der Waals surface area contributed by atoms with E-state index in [4.69, 9.17) is 0 Å². The summed E-state index contributed by atoms with van der Waals surface area (Å²) in [5.41, 5.74) is 2.04. The van der Waals surface area contributed by atoms with Crippen LogP contribution in [-0.4, -0.2) is 16.5 Å². The molecule has 0 saturated heterocycles. The fourth-order valence-corrected chi connectivity index (χ4v) is 2.35. The van der Waals surface area contributed by atoms with Crippen LogP contribution in [0.4, 0.5) is 13.2 Å². The number of rotatable bonds is 3. The van der Waals surface area contributed by atoms with E-state index in [1.54, 1.807) is 6.20 Å². The van der Waals surface area contributed by atoms with Gasteiger partial charge in [-0.1, -0.05) is 30.3 Å². The number of aliphatic hydroxyl groups is 1. The Bertz CT molecular complexity index is 778. The molecule has 114 valence electrons. The van der Waals surface area contributed by atoms with Crippen LogP contribution >= 0.6 is 0 Å². The van der Waals surface area contributed by atoms with Crippen LogP contribution in [0.3, 0.4) is 0 Å². The number of halogens is 3. The van der Waals surface area contributed by atoms with Crippen LogP contribution in [0.5, 0.6) is 5.75 Å². The fourth-order valence-electron chi connectivity index (χ4n) is 2.35. The van der Waals surface area contributed by atoms with E-state index >= 15 is 0 Å². The summed E-state index contributed by atoms with van der Waals surface area (Å²) in [7, 11) is 0. The molecule has 1 heterocycles. The van der Waals surface area contributed by atoms with Crippen molar-refractivity contribution in [2.45, 2.75) is 12.5 Å². The minimum absolute atomic E-state index is 0.317. The molecule has 0 aliphatic carbocycles. The summed E-state index contributed by atoms with van der Waals surface area (Å²) in [5.74, 6) is -0.317. The van der Waals surface area contributed by atoms with Gasteiger partial charge in [0, 0.05) is 22.7 Å². The number of aliphatic hydroxyl groups excluding tert-OH is 1. The molecule has 1 atom stereocenters. The Kier molecular flexibility index (Phi) is 3.54. The molecule has 1 aromatic heterocycles. The SMILES string of the molecule is OC(c1ccc(OC(F)(F)F)cc1)c1c[nH]c2ccccc12. The van der Waals surface area contributed by atoms with Gasteiger partial charge in [0.2, 0.25) is 0 Å². The molecule has 0 spiro atoms. The predicted molar refractivity (Wildman–Crippen MR) is 75.5 cm³/mol. The van der Waals surface area contributed by atoms with Gasteiger partial charge in [0.25, 0.3) is 0 Å². The van der Waals surface area contributed by atoms with Crippen LogP contribution in [0.25, 0.3) is 10.9 Å². The van der Waals surface area contributed by atoms with Crippen LogP contribution in [0, 0.1) is 0 Å². The molecule has 1 unspecified atom stereocenters. The maximum Gasteiger partial charge on any atom is 0.573 e. The molecule has 0 fully saturated rings. The number of hydrogen-bond acceptors (Lipinski definition) is 2. The first-order valence-corrected chi connectivity index (χ1v) is 6.54. The Labute approximate surface area is 124 Å². The Balaban J connectivity index is 1.87. The maximum atomic E-state index is 12.1. The summed E-state index contributed by atoms with van der Waals surface area (Å²) < 4.78 is 40.2. The summed E-state index contributed by atoms with van der Waals surface area (Å²) >= 11 is 0. The molecule has 3 aromatic rings. The highest BCUT2D eigenvalue weighted by molar-refractivity contribution is 5.83. The van der Waals surface area contributed by atoms with E-state index in [-0.39, 0.29) is 5.75 Å².